The second-order valence-corrected chi connectivity index (χ2v) is 8.66. The number of carbonyl (C=O) groups excluding carboxylic acids is 1. The van der Waals surface area contributed by atoms with Crippen LogP contribution in [0.5, 0.6) is 0 Å². The standard InChI is InChI=1S/C24H31N5O/c25-15-19-8-10-20(11-9-19)17-29-22(30)24(28-23(29)26,13-18-5-2-1-3-6-18)14-21-7-4-12-27-16-21/h4,7-12,16,18H,1-3,5-6,13-15,17,25H2,(H2,26,28). The van der Waals surface area contributed by atoms with Crippen LogP contribution in [0, 0.1) is 5.92 Å². The molecular formula is C24H31N5O. The maximum Gasteiger partial charge on any atom is 0.258 e. The molecule has 1 amide bonds. The van der Waals surface area contributed by atoms with Crippen molar-refractivity contribution >= 4 is 11.9 Å². The second kappa shape index (κ2) is 8.96. The first-order chi connectivity index (χ1) is 14.6. The first-order valence-electron chi connectivity index (χ1n) is 10.9. The molecule has 0 bridgehead atoms. The fourth-order valence-electron chi connectivity index (χ4n) is 4.83. The molecule has 4 N–H and O–H groups in total. The Balaban J connectivity index is 1.59. The number of aromatic nitrogens is 1. The van der Waals surface area contributed by atoms with Crippen LogP contribution in [0.15, 0.2) is 53.8 Å². The molecule has 1 atom stereocenters. The van der Waals surface area contributed by atoms with Crippen LogP contribution in [0.2, 0.25) is 0 Å². The van der Waals surface area contributed by atoms with Gasteiger partial charge in [-0.05, 0) is 35.1 Å². The Kier molecular flexibility index (Phi) is 6.13. The van der Waals surface area contributed by atoms with Crippen molar-refractivity contribution in [3.8, 4) is 0 Å². The molecule has 0 spiro atoms. The number of carbonyl (C=O) groups is 1. The molecule has 1 fully saturated rings. The van der Waals surface area contributed by atoms with E-state index in [0.717, 1.165) is 36.0 Å². The van der Waals surface area contributed by atoms with Gasteiger partial charge in [-0.25, -0.2) is 4.99 Å². The molecule has 6 nitrogen and oxygen atoms in total. The van der Waals surface area contributed by atoms with Gasteiger partial charge >= 0.3 is 0 Å². The molecule has 1 saturated carbocycles. The molecule has 1 aromatic heterocycles. The van der Waals surface area contributed by atoms with Gasteiger partial charge in [0.1, 0.15) is 5.54 Å². The summed E-state index contributed by atoms with van der Waals surface area (Å²) in [6.07, 6.45) is 11.0. The largest absolute Gasteiger partial charge is 0.369 e. The van der Waals surface area contributed by atoms with E-state index < -0.39 is 5.54 Å². The molecule has 1 aliphatic carbocycles. The van der Waals surface area contributed by atoms with Gasteiger partial charge in [-0.15, -0.1) is 0 Å². The highest BCUT2D eigenvalue weighted by atomic mass is 16.2. The Morgan fingerprint density at radius 2 is 1.77 bits per heavy atom. The van der Waals surface area contributed by atoms with E-state index in [-0.39, 0.29) is 5.91 Å². The fraction of sp³-hybridized carbons (Fsp3) is 0.458. The highest BCUT2D eigenvalue weighted by Crippen LogP contribution is 2.38. The maximum absolute atomic E-state index is 13.7. The van der Waals surface area contributed by atoms with Crippen molar-refractivity contribution in [3.63, 3.8) is 0 Å². The molecule has 6 heteroatoms. The zero-order valence-corrected chi connectivity index (χ0v) is 17.5. The lowest BCUT2D eigenvalue weighted by Gasteiger charge is -2.32. The number of rotatable bonds is 7. The van der Waals surface area contributed by atoms with Crippen molar-refractivity contribution in [1.82, 2.24) is 9.88 Å². The lowest BCUT2D eigenvalue weighted by Crippen LogP contribution is -2.46. The first-order valence-corrected chi connectivity index (χ1v) is 10.9. The zero-order valence-electron chi connectivity index (χ0n) is 17.5. The minimum absolute atomic E-state index is 0.0114. The van der Waals surface area contributed by atoms with E-state index in [1.807, 2.05) is 42.6 Å². The summed E-state index contributed by atoms with van der Waals surface area (Å²) in [6.45, 7) is 0.931. The minimum Gasteiger partial charge on any atom is -0.369 e. The number of amides is 1. The monoisotopic (exact) mass is 405 g/mol. The van der Waals surface area contributed by atoms with Crippen LogP contribution in [0.25, 0.3) is 0 Å². The van der Waals surface area contributed by atoms with Crippen LogP contribution in [-0.2, 0) is 24.3 Å². The quantitative estimate of drug-likeness (QED) is 0.739. The molecular weight excluding hydrogens is 374 g/mol. The van der Waals surface area contributed by atoms with Crippen molar-refractivity contribution in [2.75, 3.05) is 0 Å². The highest BCUT2D eigenvalue weighted by molar-refractivity contribution is 6.06. The predicted molar refractivity (Wildman–Crippen MR) is 118 cm³/mol. The Hall–Kier alpha value is -2.73. The van der Waals surface area contributed by atoms with Gasteiger partial charge in [-0.3, -0.25) is 14.7 Å². The molecule has 2 aromatic rings. The van der Waals surface area contributed by atoms with Crippen molar-refractivity contribution in [2.45, 2.75) is 63.6 Å². The maximum atomic E-state index is 13.7. The summed E-state index contributed by atoms with van der Waals surface area (Å²) < 4.78 is 0. The number of nitrogens with two attached hydrogens (primary N) is 2. The first kappa shape index (κ1) is 20.5. The summed E-state index contributed by atoms with van der Waals surface area (Å²) >= 11 is 0. The second-order valence-electron chi connectivity index (χ2n) is 8.66. The van der Waals surface area contributed by atoms with Crippen LogP contribution in [0.4, 0.5) is 0 Å². The summed E-state index contributed by atoms with van der Waals surface area (Å²) in [6, 6.07) is 11.9. The number of nitrogens with zero attached hydrogens (tertiary/aromatic N) is 3. The van der Waals surface area contributed by atoms with Gasteiger partial charge in [0.2, 0.25) is 0 Å². The third kappa shape index (κ3) is 4.38. The van der Waals surface area contributed by atoms with Crippen LogP contribution in [0.1, 0.15) is 55.2 Å². The van der Waals surface area contributed by atoms with E-state index in [1.165, 1.54) is 19.3 Å². The Morgan fingerprint density at radius 3 is 2.43 bits per heavy atom. The topological polar surface area (TPSA) is 97.6 Å². The van der Waals surface area contributed by atoms with Gasteiger partial charge < -0.3 is 11.5 Å². The number of guanidine groups is 1. The summed E-state index contributed by atoms with van der Waals surface area (Å²) in [4.78, 5) is 24.4. The smallest absolute Gasteiger partial charge is 0.258 e. The molecule has 0 radical (unpaired) electrons. The summed E-state index contributed by atoms with van der Waals surface area (Å²) in [5.74, 6) is 0.847. The number of pyridine rings is 1. The predicted octanol–water partition coefficient (Wildman–Crippen LogP) is 3.15. The van der Waals surface area contributed by atoms with Crippen molar-refractivity contribution in [1.29, 1.82) is 0 Å². The van der Waals surface area contributed by atoms with E-state index >= 15 is 0 Å². The summed E-state index contributed by atoms with van der Waals surface area (Å²) in [5.41, 5.74) is 14.3. The average Bonchev–Trinajstić information content (AvgIpc) is 2.99. The molecule has 1 aliphatic heterocycles. The van der Waals surface area contributed by atoms with E-state index in [4.69, 9.17) is 16.5 Å². The summed E-state index contributed by atoms with van der Waals surface area (Å²) in [5, 5.41) is 0. The van der Waals surface area contributed by atoms with E-state index in [9.17, 15) is 4.79 Å². The number of aliphatic imine (C=N–C) groups is 1. The normalized spacial score (nSPS) is 22.4. The van der Waals surface area contributed by atoms with Crippen LogP contribution >= 0.6 is 0 Å². The van der Waals surface area contributed by atoms with Gasteiger partial charge in [0.25, 0.3) is 5.91 Å². The van der Waals surface area contributed by atoms with Crippen molar-refractivity contribution in [3.05, 3.63) is 65.5 Å². The Bertz CT molecular complexity index is 890. The van der Waals surface area contributed by atoms with E-state index in [2.05, 4.69) is 4.98 Å². The summed E-state index contributed by atoms with van der Waals surface area (Å²) in [7, 11) is 0. The van der Waals surface area contributed by atoms with Gasteiger partial charge in [-0.1, -0.05) is 62.4 Å². The molecule has 1 aromatic carbocycles. The molecule has 158 valence electrons. The number of hydrogen-bond acceptors (Lipinski definition) is 5. The Morgan fingerprint density at radius 1 is 1.03 bits per heavy atom. The molecule has 2 heterocycles. The molecule has 30 heavy (non-hydrogen) atoms. The minimum atomic E-state index is -0.827. The number of hydrogen-bond donors (Lipinski definition) is 2. The van der Waals surface area contributed by atoms with E-state index in [1.54, 1.807) is 11.1 Å². The molecule has 0 saturated heterocycles. The van der Waals surface area contributed by atoms with E-state index in [0.29, 0.717) is 31.4 Å². The molecule has 2 aliphatic rings. The van der Waals surface area contributed by atoms with Crippen LogP contribution < -0.4 is 11.5 Å². The average molecular weight is 406 g/mol. The fourth-order valence-corrected chi connectivity index (χ4v) is 4.83. The Labute approximate surface area is 178 Å². The lowest BCUT2D eigenvalue weighted by molar-refractivity contribution is -0.132. The van der Waals surface area contributed by atoms with Gasteiger partial charge in [-0.2, -0.15) is 0 Å². The van der Waals surface area contributed by atoms with Gasteiger partial charge in [0.05, 0.1) is 6.54 Å². The lowest BCUT2D eigenvalue weighted by atomic mass is 9.77. The highest BCUT2D eigenvalue weighted by Gasteiger charge is 2.48. The third-order valence-corrected chi connectivity index (χ3v) is 6.42. The van der Waals surface area contributed by atoms with Crippen molar-refractivity contribution < 1.29 is 4.79 Å². The van der Waals surface area contributed by atoms with Gasteiger partial charge in [0, 0.05) is 25.4 Å². The third-order valence-electron chi connectivity index (χ3n) is 6.42. The molecule has 1 unspecified atom stereocenters. The SMILES string of the molecule is NCc1ccc(CN2C(=O)C(Cc3cccnc3)(CC3CCCCC3)N=C2N)cc1. The zero-order chi connectivity index (χ0) is 21.0. The van der Waals surface area contributed by atoms with Crippen LogP contribution in [-0.4, -0.2) is 27.3 Å². The number of benzene rings is 1. The van der Waals surface area contributed by atoms with Crippen LogP contribution in [0.3, 0.4) is 0 Å². The van der Waals surface area contributed by atoms with Crippen molar-refractivity contribution in [2.24, 2.45) is 22.4 Å². The van der Waals surface area contributed by atoms with Gasteiger partial charge in [0.15, 0.2) is 5.96 Å². The molecule has 4 rings (SSSR count).